The molecule has 0 spiro atoms. The van der Waals surface area contributed by atoms with Crippen molar-refractivity contribution in [2.24, 2.45) is 0 Å². The summed E-state index contributed by atoms with van der Waals surface area (Å²) in [7, 11) is 0. The zero-order chi connectivity index (χ0) is 17.4. The predicted octanol–water partition coefficient (Wildman–Crippen LogP) is 5.75. The van der Waals surface area contributed by atoms with Gasteiger partial charge in [0.2, 0.25) is 5.91 Å². The number of thioether (sulfide) groups is 1. The third-order valence-corrected chi connectivity index (χ3v) is 6.31. The standard InChI is InChI=1S/C20H16FNOS2/c1-24-13-8-6-12(7-9-13)15-10-18(23)22-19-16(11-25-20(15)19)14-4-2-3-5-17(14)21/h2-9,11,15H,10H2,1H3,(H,22,23)/t15-/m0/s1. The summed E-state index contributed by atoms with van der Waals surface area (Å²) in [5.74, 6) is -0.281. The number of thiophene rings is 1. The second kappa shape index (κ2) is 6.65. The minimum absolute atomic E-state index is 0.0187. The van der Waals surface area contributed by atoms with Gasteiger partial charge in [-0.05, 0) is 30.0 Å². The van der Waals surface area contributed by atoms with Gasteiger partial charge in [-0.15, -0.1) is 23.1 Å². The second-order valence-corrected chi connectivity index (χ2v) is 7.74. The van der Waals surface area contributed by atoms with Crippen molar-refractivity contribution < 1.29 is 9.18 Å². The molecule has 0 radical (unpaired) electrons. The van der Waals surface area contributed by atoms with Gasteiger partial charge < -0.3 is 5.32 Å². The maximum atomic E-state index is 14.2. The molecule has 1 atom stereocenters. The maximum absolute atomic E-state index is 14.2. The van der Waals surface area contributed by atoms with Crippen LogP contribution in [0, 0.1) is 5.82 Å². The van der Waals surface area contributed by atoms with E-state index in [0.717, 1.165) is 21.7 Å². The van der Waals surface area contributed by atoms with Crippen LogP contribution in [0.1, 0.15) is 22.8 Å². The molecule has 0 bridgehead atoms. The number of carbonyl (C=O) groups is 1. The molecule has 3 aromatic rings. The molecular formula is C20H16FNOS2. The first-order valence-electron chi connectivity index (χ1n) is 7.97. The second-order valence-electron chi connectivity index (χ2n) is 5.95. The van der Waals surface area contributed by atoms with E-state index < -0.39 is 0 Å². The Balaban J connectivity index is 1.80. The summed E-state index contributed by atoms with van der Waals surface area (Å²) in [4.78, 5) is 14.6. The number of benzene rings is 2. The van der Waals surface area contributed by atoms with Crippen molar-refractivity contribution >= 4 is 34.7 Å². The SMILES string of the molecule is CSc1ccc([C@@H]2CC(=O)Nc3c(-c4ccccc4F)csc32)cc1. The lowest BCUT2D eigenvalue weighted by Gasteiger charge is -2.24. The Morgan fingerprint density at radius 2 is 1.88 bits per heavy atom. The monoisotopic (exact) mass is 369 g/mol. The van der Waals surface area contributed by atoms with Crippen LogP contribution in [0.5, 0.6) is 0 Å². The summed E-state index contributed by atoms with van der Waals surface area (Å²) in [6.07, 6.45) is 2.46. The molecule has 1 aliphatic rings. The predicted molar refractivity (Wildman–Crippen MR) is 103 cm³/mol. The van der Waals surface area contributed by atoms with Crippen molar-refractivity contribution in [3.63, 3.8) is 0 Å². The number of amides is 1. The number of hydrogen-bond donors (Lipinski definition) is 1. The Morgan fingerprint density at radius 3 is 2.60 bits per heavy atom. The zero-order valence-corrected chi connectivity index (χ0v) is 15.2. The number of rotatable bonds is 3. The molecule has 0 saturated heterocycles. The Bertz CT molecular complexity index is 933. The van der Waals surface area contributed by atoms with E-state index in [4.69, 9.17) is 0 Å². The molecule has 4 rings (SSSR count). The number of halogens is 1. The van der Waals surface area contributed by atoms with E-state index in [-0.39, 0.29) is 17.6 Å². The van der Waals surface area contributed by atoms with E-state index in [1.54, 1.807) is 35.2 Å². The van der Waals surface area contributed by atoms with Crippen molar-refractivity contribution in [1.29, 1.82) is 0 Å². The fourth-order valence-corrected chi connectivity index (χ4v) is 4.77. The van der Waals surface area contributed by atoms with E-state index in [0.29, 0.717) is 12.0 Å². The van der Waals surface area contributed by atoms with E-state index >= 15 is 0 Å². The highest BCUT2D eigenvalue weighted by molar-refractivity contribution is 7.98. The quantitative estimate of drug-likeness (QED) is 0.596. The largest absolute Gasteiger partial charge is 0.325 e. The first-order chi connectivity index (χ1) is 12.2. The van der Waals surface area contributed by atoms with Crippen LogP contribution in [0.15, 0.2) is 58.8 Å². The third-order valence-electron chi connectivity index (χ3n) is 4.47. The van der Waals surface area contributed by atoms with Crippen molar-refractivity contribution in [3.8, 4) is 11.1 Å². The van der Waals surface area contributed by atoms with Crippen LogP contribution in [-0.2, 0) is 4.79 Å². The van der Waals surface area contributed by atoms with Gasteiger partial charge >= 0.3 is 0 Å². The Morgan fingerprint density at radius 1 is 1.12 bits per heavy atom. The molecule has 126 valence electrons. The lowest BCUT2D eigenvalue weighted by atomic mass is 9.89. The van der Waals surface area contributed by atoms with Gasteiger partial charge in [-0.2, -0.15) is 0 Å². The number of nitrogens with one attached hydrogen (secondary N) is 1. The third kappa shape index (κ3) is 2.98. The highest BCUT2D eigenvalue weighted by atomic mass is 32.2. The minimum Gasteiger partial charge on any atom is -0.325 e. The number of anilines is 1. The summed E-state index contributed by atoms with van der Waals surface area (Å²) in [6.45, 7) is 0. The van der Waals surface area contributed by atoms with E-state index in [1.807, 2.05) is 17.7 Å². The number of hydrogen-bond acceptors (Lipinski definition) is 3. The molecule has 25 heavy (non-hydrogen) atoms. The molecule has 0 aliphatic carbocycles. The molecule has 0 unspecified atom stereocenters. The highest BCUT2D eigenvalue weighted by Crippen LogP contribution is 2.47. The molecule has 1 amide bonds. The van der Waals surface area contributed by atoms with Crippen LogP contribution in [-0.4, -0.2) is 12.2 Å². The summed E-state index contributed by atoms with van der Waals surface area (Å²) in [5, 5.41) is 4.90. The van der Waals surface area contributed by atoms with E-state index in [1.165, 1.54) is 11.0 Å². The van der Waals surface area contributed by atoms with Crippen molar-refractivity contribution in [3.05, 3.63) is 70.2 Å². The van der Waals surface area contributed by atoms with Gasteiger partial charge in [0.25, 0.3) is 0 Å². The van der Waals surface area contributed by atoms with Crippen molar-refractivity contribution in [1.82, 2.24) is 0 Å². The molecule has 1 N–H and O–H groups in total. The smallest absolute Gasteiger partial charge is 0.225 e. The molecular weight excluding hydrogens is 353 g/mol. The average molecular weight is 369 g/mol. The molecule has 2 heterocycles. The lowest BCUT2D eigenvalue weighted by molar-refractivity contribution is -0.116. The molecule has 0 saturated carbocycles. The van der Waals surface area contributed by atoms with Gasteiger partial charge in [0, 0.05) is 38.6 Å². The maximum Gasteiger partial charge on any atom is 0.225 e. The first-order valence-corrected chi connectivity index (χ1v) is 10.1. The zero-order valence-electron chi connectivity index (χ0n) is 13.6. The molecule has 1 aliphatic heterocycles. The van der Waals surface area contributed by atoms with Crippen LogP contribution in [0.2, 0.25) is 0 Å². The minimum atomic E-state index is -0.274. The Labute approximate surface area is 154 Å². The fourth-order valence-electron chi connectivity index (χ4n) is 3.21. The summed E-state index contributed by atoms with van der Waals surface area (Å²) >= 11 is 3.28. The number of carbonyl (C=O) groups excluding carboxylic acids is 1. The molecule has 2 nitrogen and oxygen atoms in total. The van der Waals surface area contributed by atoms with Crippen LogP contribution >= 0.6 is 23.1 Å². The molecule has 5 heteroatoms. The van der Waals surface area contributed by atoms with Gasteiger partial charge in [0.15, 0.2) is 0 Å². The van der Waals surface area contributed by atoms with Crippen molar-refractivity contribution in [2.45, 2.75) is 17.2 Å². The van der Waals surface area contributed by atoms with Crippen LogP contribution in [0.3, 0.4) is 0 Å². The van der Waals surface area contributed by atoms with Crippen LogP contribution < -0.4 is 5.32 Å². The van der Waals surface area contributed by atoms with Crippen molar-refractivity contribution in [2.75, 3.05) is 11.6 Å². The highest BCUT2D eigenvalue weighted by Gasteiger charge is 2.30. The van der Waals surface area contributed by atoms with Crippen LogP contribution in [0.25, 0.3) is 11.1 Å². The van der Waals surface area contributed by atoms with E-state index in [9.17, 15) is 9.18 Å². The van der Waals surface area contributed by atoms with E-state index in [2.05, 4.69) is 29.6 Å². The molecule has 0 fully saturated rings. The summed E-state index contributed by atoms with van der Waals surface area (Å²) < 4.78 is 14.2. The lowest BCUT2D eigenvalue weighted by Crippen LogP contribution is -2.22. The Hall–Kier alpha value is -2.11. The van der Waals surface area contributed by atoms with Gasteiger partial charge in [-0.1, -0.05) is 30.3 Å². The average Bonchev–Trinajstić information content (AvgIpc) is 3.05. The normalized spacial score (nSPS) is 16.4. The molecule has 2 aromatic carbocycles. The Kier molecular flexibility index (Phi) is 4.36. The summed E-state index contributed by atoms with van der Waals surface area (Å²) in [6, 6.07) is 15.0. The topological polar surface area (TPSA) is 29.1 Å². The van der Waals surface area contributed by atoms with Gasteiger partial charge in [-0.3, -0.25) is 4.79 Å². The summed E-state index contributed by atoms with van der Waals surface area (Å²) in [5.41, 5.74) is 3.16. The molecule has 1 aromatic heterocycles. The van der Waals surface area contributed by atoms with Crippen LogP contribution in [0.4, 0.5) is 10.1 Å². The van der Waals surface area contributed by atoms with Gasteiger partial charge in [-0.25, -0.2) is 4.39 Å². The first kappa shape index (κ1) is 16.4. The fraction of sp³-hybridized carbons (Fsp3) is 0.150. The van der Waals surface area contributed by atoms with Gasteiger partial charge in [0.05, 0.1) is 5.69 Å². The van der Waals surface area contributed by atoms with Gasteiger partial charge in [0.1, 0.15) is 5.82 Å². The number of fused-ring (bicyclic) bond motifs is 1.